The van der Waals surface area contributed by atoms with Gasteiger partial charge in [0.1, 0.15) is 23.7 Å². The van der Waals surface area contributed by atoms with Crippen molar-refractivity contribution in [2.24, 2.45) is 46.3 Å². The van der Waals surface area contributed by atoms with Crippen molar-refractivity contribution in [3.8, 4) is 0 Å². The van der Waals surface area contributed by atoms with Crippen LogP contribution in [-0.2, 0) is 14.3 Å². The first-order valence-electron chi connectivity index (χ1n) is 20.2. The second kappa shape index (κ2) is 17.5. The van der Waals surface area contributed by atoms with E-state index in [9.17, 15) is 20.1 Å². The van der Waals surface area contributed by atoms with Crippen LogP contribution in [0, 0.1) is 46.3 Å². The fraction of sp³-hybridized carbons (Fsp3) is 0.927. The lowest BCUT2D eigenvalue weighted by atomic mass is 9.47. The SMILES string of the molecule is CC(=O)N[C@@H]1[C@@H](O)[C@@H](O)[C@@H](CO)O[C@H]1SCCCCCCO[C@H]1CC[C@@]2(C)C(=CC[C@H]3[C@@H]4CC[C@H]([C@H](C)CCCC(C)C)[C@@]4(C)CC[C@@H]32)C1. The minimum Gasteiger partial charge on any atom is -0.394 e. The number of ether oxygens (including phenoxy) is 2. The Bertz CT molecular complexity index is 1100. The average molecular weight is 706 g/mol. The number of allylic oxidation sites excluding steroid dienone is 1. The van der Waals surface area contributed by atoms with E-state index in [2.05, 4.69) is 46.0 Å². The Morgan fingerprint density at radius 2 is 1.78 bits per heavy atom. The molecule has 0 spiro atoms. The summed E-state index contributed by atoms with van der Waals surface area (Å²) in [4.78, 5) is 11.7. The molecule has 5 aliphatic rings. The van der Waals surface area contributed by atoms with Gasteiger partial charge < -0.3 is 30.1 Å². The quantitative estimate of drug-likeness (QED) is 0.0966. The van der Waals surface area contributed by atoms with Gasteiger partial charge in [0.05, 0.1) is 18.8 Å². The molecule has 13 atom stereocenters. The number of rotatable bonds is 16. The molecule has 0 radical (unpaired) electrons. The molecule has 4 fully saturated rings. The van der Waals surface area contributed by atoms with Crippen LogP contribution in [-0.4, -0.2) is 76.1 Å². The third-order valence-corrected chi connectivity index (χ3v) is 15.4. The van der Waals surface area contributed by atoms with Crippen LogP contribution < -0.4 is 5.32 Å². The number of hydrogen-bond donors (Lipinski definition) is 4. The number of carbonyl (C=O) groups is 1. The Morgan fingerprint density at radius 1 is 1.00 bits per heavy atom. The number of aliphatic hydroxyl groups excluding tert-OH is 3. The first-order valence-corrected chi connectivity index (χ1v) is 21.3. The van der Waals surface area contributed by atoms with Crippen molar-refractivity contribution in [3.05, 3.63) is 11.6 Å². The van der Waals surface area contributed by atoms with Crippen LogP contribution in [0.25, 0.3) is 0 Å². The number of amides is 1. The summed E-state index contributed by atoms with van der Waals surface area (Å²) >= 11 is 1.53. The number of hydrogen-bond acceptors (Lipinski definition) is 7. The van der Waals surface area contributed by atoms with E-state index in [0.29, 0.717) is 16.9 Å². The lowest BCUT2D eigenvalue weighted by Gasteiger charge is -2.58. The highest BCUT2D eigenvalue weighted by Crippen LogP contribution is 2.67. The number of aliphatic hydroxyl groups is 3. The molecule has 0 aromatic rings. The predicted octanol–water partition coefficient (Wildman–Crippen LogP) is 7.65. The van der Waals surface area contributed by atoms with Crippen molar-refractivity contribution in [1.82, 2.24) is 5.32 Å². The molecule has 0 aromatic heterocycles. The smallest absolute Gasteiger partial charge is 0.217 e. The number of thioether (sulfide) groups is 1. The minimum absolute atomic E-state index is 0.281. The number of unbranched alkanes of at least 4 members (excludes halogenated alkanes) is 3. The number of fused-ring (bicyclic) bond motifs is 5. The summed E-state index contributed by atoms with van der Waals surface area (Å²) in [5, 5.41) is 33.0. The van der Waals surface area contributed by atoms with E-state index in [0.717, 1.165) is 80.0 Å². The molecule has 0 aromatic carbocycles. The zero-order valence-corrected chi connectivity index (χ0v) is 32.5. The molecule has 1 heterocycles. The third-order valence-electron chi connectivity index (χ3n) is 14.2. The van der Waals surface area contributed by atoms with Gasteiger partial charge in [-0.15, -0.1) is 11.8 Å². The van der Waals surface area contributed by atoms with Gasteiger partial charge in [-0.25, -0.2) is 0 Å². The van der Waals surface area contributed by atoms with Crippen molar-refractivity contribution < 1.29 is 29.6 Å². The highest BCUT2D eigenvalue weighted by molar-refractivity contribution is 7.99. The lowest BCUT2D eigenvalue weighted by molar-refractivity contribution is -0.173. The minimum atomic E-state index is -1.23. The maximum atomic E-state index is 11.7. The van der Waals surface area contributed by atoms with Gasteiger partial charge in [0.25, 0.3) is 0 Å². The maximum absolute atomic E-state index is 11.7. The van der Waals surface area contributed by atoms with Crippen LogP contribution in [0.1, 0.15) is 138 Å². The van der Waals surface area contributed by atoms with Crippen LogP contribution in [0.4, 0.5) is 0 Å². The van der Waals surface area contributed by atoms with Crippen molar-refractivity contribution >= 4 is 17.7 Å². The van der Waals surface area contributed by atoms with Crippen molar-refractivity contribution in [1.29, 1.82) is 0 Å². The normalized spacial score (nSPS) is 41.1. The Labute approximate surface area is 302 Å². The molecule has 8 heteroatoms. The standard InChI is InChI=1S/C41H71NO6S/c1-26(2)12-11-13-27(3)32-16-17-33-31-15-14-29-24-30(18-20-40(29,5)34(31)19-21-41(32,33)6)47-22-9-7-8-10-23-49-39-36(42-28(4)44)38(46)37(45)35(25-43)48-39/h14,26-27,30-39,43,45-46H,7-13,15-25H2,1-6H3,(H,42,44)/t27-,30+,31+,32-,33+,34+,35-,36-,37+,38-,39+,40+,41-/m1/s1. The summed E-state index contributed by atoms with van der Waals surface area (Å²) in [6.07, 6.45) is 18.9. The largest absolute Gasteiger partial charge is 0.394 e. The van der Waals surface area contributed by atoms with Crippen molar-refractivity contribution in [2.45, 2.75) is 174 Å². The second-order valence-electron chi connectivity index (χ2n) is 17.7. The molecular formula is C41H71NO6S. The highest BCUT2D eigenvalue weighted by Gasteiger charge is 2.59. The van der Waals surface area contributed by atoms with Gasteiger partial charge in [-0.1, -0.05) is 78.4 Å². The van der Waals surface area contributed by atoms with Crippen LogP contribution in [0.3, 0.4) is 0 Å². The molecule has 5 rings (SSSR count). The second-order valence-corrected chi connectivity index (χ2v) is 18.9. The summed E-state index contributed by atoms with van der Waals surface area (Å²) in [5.74, 6) is 5.80. The molecule has 49 heavy (non-hydrogen) atoms. The van der Waals surface area contributed by atoms with Gasteiger partial charge in [0.15, 0.2) is 0 Å². The zero-order valence-electron chi connectivity index (χ0n) is 31.7. The summed E-state index contributed by atoms with van der Waals surface area (Å²) < 4.78 is 12.3. The molecular weight excluding hydrogens is 635 g/mol. The van der Waals surface area contributed by atoms with E-state index in [-0.39, 0.29) is 12.5 Å². The summed E-state index contributed by atoms with van der Waals surface area (Å²) in [6, 6.07) is -0.706. The Morgan fingerprint density at radius 3 is 2.51 bits per heavy atom. The van der Waals surface area contributed by atoms with E-state index in [1.54, 1.807) is 5.57 Å². The van der Waals surface area contributed by atoms with Gasteiger partial charge in [0.2, 0.25) is 5.91 Å². The number of nitrogens with one attached hydrogen (secondary N) is 1. The summed E-state index contributed by atoms with van der Waals surface area (Å²) in [7, 11) is 0. The van der Waals surface area contributed by atoms with E-state index in [4.69, 9.17) is 9.47 Å². The first kappa shape index (κ1) is 39.6. The van der Waals surface area contributed by atoms with Crippen LogP contribution in [0.2, 0.25) is 0 Å². The fourth-order valence-corrected chi connectivity index (χ4v) is 12.7. The van der Waals surface area contributed by atoms with Crippen LogP contribution >= 0.6 is 11.8 Å². The zero-order chi connectivity index (χ0) is 35.3. The number of carbonyl (C=O) groups excluding carboxylic acids is 1. The van der Waals surface area contributed by atoms with Gasteiger partial charge in [-0.3, -0.25) is 4.79 Å². The molecule has 0 unspecified atom stereocenters. The third kappa shape index (κ3) is 8.95. The van der Waals surface area contributed by atoms with E-state index in [1.165, 1.54) is 82.9 Å². The molecule has 282 valence electrons. The average Bonchev–Trinajstić information content (AvgIpc) is 3.42. The Kier molecular flexibility index (Phi) is 14.1. The Hall–Kier alpha value is -0.640. The molecule has 3 saturated carbocycles. The highest BCUT2D eigenvalue weighted by atomic mass is 32.2. The Balaban J connectivity index is 1.02. The van der Waals surface area contributed by atoms with Gasteiger partial charge >= 0.3 is 0 Å². The molecule has 4 N–H and O–H groups in total. The van der Waals surface area contributed by atoms with Crippen molar-refractivity contribution in [2.75, 3.05) is 19.0 Å². The molecule has 1 aliphatic heterocycles. The van der Waals surface area contributed by atoms with Gasteiger partial charge in [-0.2, -0.15) is 0 Å². The van der Waals surface area contributed by atoms with Crippen LogP contribution in [0.5, 0.6) is 0 Å². The van der Waals surface area contributed by atoms with E-state index < -0.39 is 29.8 Å². The van der Waals surface area contributed by atoms with Gasteiger partial charge in [0, 0.05) is 13.5 Å². The van der Waals surface area contributed by atoms with Crippen molar-refractivity contribution in [3.63, 3.8) is 0 Å². The monoisotopic (exact) mass is 706 g/mol. The molecule has 0 bridgehead atoms. The fourth-order valence-electron chi connectivity index (χ4n) is 11.4. The molecule has 7 nitrogen and oxygen atoms in total. The summed E-state index contributed by atoms with van der Waals surface area (Å²) in [5.41, 5.74) is 2.12. The molecule has 4 aliphatic carbocycles. The topological polar surface area (TPSA) is 108 Å². The predicted molar refractivity (Wildman–Crippen MR) is 199 cm³/mol. The van der Waals surface area contributed by atoms with E-state index in [1.807, 2.05) is 0 Å². The first-order chi connectivity index (χ1) is 23.4. The van der Waals surface area contributed by atoms with Crippen LogP contribution in [0.15, 0.2) is 11.6 Å². The van der Waals surface area contributed by atoms with E-state index >= 15 is 0 Å². The maximum Gasteiger partial charge on any atom is 0.217 e. The molecule has 1 amide bonds. The van der Waals surface area contributed by atoms with Gasteiger partial charge in [-0.05, 0) is 116 Å². The molecule has 1 saturated heterocycles. The lowest BCUT2D eigenvalue weighted by Crippen LogP contribution is -2.63. The summed E-state index contributed by atoms with van der Waals surface area (Å²) in [6.45, 7) is 14.5.